The van der Waals surface area contributed by atoms with E-state index in [0.717, 1.165) is 22.5 Å². The van der Waals surface area contributed by atoms with Gasteiger partial charge in [-0.1, -0.05) is 50.8 Å². The van der Waals surface area contributed by atoms with E-state index in [4.69, 9.17) is 4.55 Å². The molecule has 172 valence electrons. The van der Waals surface area contributed by atoms with Crippen LogP contribution in [0.15, 0.2) is 66.9 Å². The highest BCUT2D eigenvalue weighted by atomic mass is 32.2. The monoisotopic (exact) mass is 456 g/mol. The van der Waals surface area contributed by atoms with Gasteiger partial charge in [0, 0.05) is 11.4 Å². The number of nitrogens with one attached hydrogen (secondary N) is 2. The Morgan fingerprint density at radius 3 is 2.19 bits per heavy atom. The average Bonchev–Trinajstić information content (AvgIpc) is 2.73. The van der Waals surface area contributed by atoms with Gasteiger partial charge in [0.2, 0.25) is 0 Å². The van der Waals surface area contributed by atoms with Crippen molar-refractivity contribution in [3.8, 4) is 6.07 Å². The van der Waals surface area contributed by atoms with Gasteiger partial charge in [0.25, 0.3) is 10.1 Å². The average molecular weight is 457 g/mol. The first-order valence-corrected chi connectivity index (χ1v) is 11.8. The number of benzene rings is 1. The maximum Gasteiger partial charge on any atom is 0.261 e. The fourth-order valence-electron chi connectivity index (χ4n) is 2.38. The van der Waals surface area contributed by atoms with Crippen LogP contribution in [0.5, 0.6) is 0 Å². The molecule has 0 aliphatic heterocycles. The van der Waals surface area contributed by atoms with Gasteiger partial charge in [-0.25, -0.2) is 4.98 Å². The quantitative estimate of drug-likeness (QED) is 0.366. The van der Waals surface area contributed by atoms with Crippen molar-refractivity contribution in [3.63, 3.8) is 0 Å². The molecule has 0 radical (unpaired) electrons. The Kier molecular flexibility index (Phi) is 13.0. The van der Waals surface area contributed by atoms with Gasteiger partial charge in [0.15, 0.2) is 5.82 Å². The highest BCUT2D eigenvalue weighted by Crippen LogP contribution is 2.28. The van der Waals surface area contributed by atoms with Crippen molar-refractivity contribution in [1.29, 1.82) is 5.26 Å². The second kappa shape index (κ2) is 14.6. The SMILES string of the molecule is C=C/C=C(\C=C/C)Nc1nc(Nc2ccccc2)c(C#N)c(C)c1C.CC.CS(=O)(=O)O. The molecule has 7 nitrogen and oxygen atoms in total. The van der Waals surface area contributed by atoms with Crippen molar-refractivity contribution >= 4 is 27.4 Å². The summed E-state index contributed by atoms with van der Waals surface area (Å²) in [4.78, 5) is 4.65. The first-order valence-electron chi connectivity index (χ1n) is 9.99. The number of anilines is 3. The summed E-state index contributed by atoms with van der Waals surface area (Å²) in [7, 11) is -3.67. The van der Waals surface area contributed by atoms with Crippen LogP contribution >= 0.6 is 0 Å². The lowest BCUT2D eigenvalue weighted by molar-refractivity contribution is 0.490. The number of allylic oxidation sites excluding steroid dienone is 4. The van der Waals surface area contributed by atoms with Gasteiger partial charge in [0.1, 0.15) is 11.9 Å². The molecule has 1 heterocycles. The van der Waals surface area contributed by atoms with E-state index in [9.17, 15) is 13.7 Å². The molecule has 0 atom stereocenters. The minimum atomic E-state index is -3.67. The summed E-state index contributed by atoms with van der Waals surface area (Å²) in [5.74, 6) is 1.25. The molecular formula is C24H32N4O3S. The summed E-state index contributed by atoms with van der Waals surface area (Å²) in [5, 5.41) is 16.1. The first kappa shape index (κ1) is 28.6. The summed E-state index contributed by atoms with van der Waals surface area (Å²) in [6.45, 7) is 13.6. The number of aromatic nitrogens is 1. The Labute approximate surface area is 192 Å². The molecule has 1 aromatic carbocycles. The van der Waals surface area contributed by atoms with E-state index in [1.165, 1.54) is 0 Å². The fraction of sp³-hybridized carbons (Fsp3) is 0.250. The van der Waals surface area contributed by atoms with Crippen molar-refractivity contribution in [2.45, 2.75) is 34.6 Å². The number of pyridine rings is 1. The summed E-state index contributed by atoms with van der Waals surface area (Å²) in [5.41, 5.74) is 4.15. The lowest BCUT2D eigenvalue weighted by atomic mass is 10.1. The van der Waals surface area contributed by atoms with Crippen LogP contribution in [0.1, 0.15) is 37.5 Å². The molecule has 0 aliphatic rings. The van der Waals surface area contributed by atoms with Crippen LogP contribution in [0.2, 0.25) is 0 Å². The number of hydrogen-bond acceptors (Lipinski definition) is 6. The number of hydrogen-bond donors (Lipinski definition) is 3. The molecule has 0 spiro atoms. The van der Waals surface area contributed by atoms with Crippen molar-refractivity contribution in [1.82, 2.24) is 4.98 Å². The third-order valence-electron chi connectivity index (χ3n) is 3.81. The largest absolute Gasteiger partial charge is 0.340 e. The molecule has 3 N–H and O–H groups in total. The van der Waals surface area contributed by atoms with Gasteiger partial charge >= 0.3 is 0 Å². The molecule has 0 saturated heterocycles. The number of rotatable bonds is 6. The number of para-hydroxylation sites is 1. The molecule has 1 aromatic heterocycles. The molecule has 0 aliphatic carbocycles. The van der Waals surface area contributed by atoms with Crippen molar-refractivity contribution < 1.29 is 13.0 Å². The standard InChI is InChI=1S/C21H22N4.C2H6.CH4O3S/c1-5-10-17(11-6-2)23-20-16(4)15(3)19(14-22)21(25-20)24-18-12-8-7-9-13-18;1-2;1-5(2,3)4/h5-13H,1H2,2-4H3,(H2,23,24,25);1-2H3;1H3,(H,2,3,4)/b11-6-,17-10+;;. The van der Waals surface area contributed by atoms with Crippen LogP contribution in [0, 0.1) is 25.2 Å². The van der Waals surface area contributed by atoms with E-state index in [-0.39, 0.29) is 0 Å². The van der Waals surface area contributed by atoms with E-state index < -0.39 is 10.1 Å². The maximum absolute atomic E-state index is 9.56. The third-order valence-corrected chi connectivity index (χ3v) is 3.81. The predicted molar refractivity (Wildman–Crippen MR) is 134 cm³/mol. The van der Waals surface area contributed by atoms with Crippen molar-refractivity contribution in [3.05, 3.63) is 83.6 Å². The van der Waals surface area contributed by atoms with Crippen LogP contribution < -0.4 is 10.6 Å². The summed E-state index contributed by atoms with van der Waals surface area (Å²) < 4.78 is 25.9. The molecule has 0 unspecified atom stereocenters. The van der Waals surface area contributed by atoms with Gasteiger partial charge in [0.05, 0.1) is 11.8 Å². The zero-order chi connectivity index (χ0) is 24.7. The topological polar surface area (TPSA) is 115 Å². The highest BCUT2D eigenvalue weighted by molar-refractivity contribution is 7.85. The van der Waals surface area contributed by atoms with Crippen molar-refractivity contribution in [2.75, 3.05) is 16.9 Å². The second-order valence-corrected chi connectivity index (χ2v) is 7.72. The lowest BCUT2D eigenvalue weighted by Gasteiger charge is -2.16. The molecule has 0 bridgehead atoms. The Balaban J connectivity index is 0.00000121. The summed E-state index contributed by atoms with van der Waals surface area (Å²) >= 11 is 0. The van der Waals surface area contributed by atoms with E-state index in [1.807, 2.05) is 83.2 Å². The molecule has 2 aromatic rings. The first-order chi connectivity index (χ1) is 15.1. The number of nitriles is 1. The van der Waals surface area contributed by atoms with E-state index >= 15 is 0 Å². The molecule has 0 amide bonds. The molecule has 8 heteroatoms. The molecule has 32 heavy (non-hydrogen) atoms. The van der Waals surface area contributed by atoms with Crippen LogP contribution in [-0.4, -0.2) is 24.2 Å². The molecule has 2 rings (SSSR count). The molecular weight excluding hydrogens is 424 g/mol. The van der Waals surface area contributed by atoms with Gasteiger partial charge in [-0.2, -0.15) is 13.7 Å². The smallest absolute Gasteiger partial charge is 0.261 e. The summed E-state index contributed by atoms with van der Waals surface area (Å²) in [6.07, 6.45) is 8.20. The van der Waals surface area contributed by atoms with Crippen molar-refractivity contribution in [2.24, 2.45) is 0 Å². The third kappa shape index (κ3) is 10.6. The summed E-state index contributed by atoms with van der Waals surface area (Å²) in [6, 6.07) is 12.0. The highest BCUT2D eigenvalue weighted by Gasteiger charge is 2.15. The Bertz CT molecular complexity index is 1080. The maximum atomic E-state index is 9.56. The normalized spacial score (nSPS) is 10.8. The van der Waals surface area contributed by atoms with E-state index in [2.05, 4.69) is 28.3 Å². The van der Waals surface area contributed by atoms with Gasteiger partial charge in [-0.15, -0.1) is 0 Å². The van der Waals surface area contributed by atoms with Gasteiger partial charge in [-0.3, -0.25) is 4.55 Å². The predicted octanol–water partition coefficient (Wildman–Crippen LogP) is 5.90. The number of nitrogens with zero attached hydrogens (tertiary/aromatic N) is 2. The minimum absolute atomic E-state index is 0.540. The zero-order valence-corrected chi connectivity index (χ0v) is 20.3. The van der Waals surface area contributed by atoms with Crippen LogP contribution in [0.3, 0.4) is 0 Å². The van der Waals surface area contributed by atoms with Crippen LogP contribution in [-0.2, 0) is 10.1 Å². The fourth-order valence-corrected chi connectivity index (χ4v) is 2.38. The molecule has 0 saturated carbocycles. The lowest BCUT2D eigenvalue weighted by Crippen LogP contribution is -2.08. The molecule has 0 fully saturated rings. The van der Waals surface area contributed by atoms with E-state index in [0.29, 0.717) is 23.5 Å². The minimum Gasteiger partial charge on any atom is -0.340 e. The zero-order valence-electron chi connectivity index (χ0n) is 19.5. The van der Waals surface area contributed by atoms with Gasteiger partial charge in [-0.05, 0) is 56.2 Å². The van der Waals surface area contributed by atoms with Crippen LogP contribution in [0.4, 0.5) is 17.3 Å². The Hall–Kier alpha value is -3.41. The second-order valence-electron chi connectivity index (χ2n) is 6.25. The van der Waals surface area contributed by atoms with Crippen LogP contribution in [0.25, 0.3) is 0 Å². The Morgan fingerprint density at radius 2 is 1.72 bits per heavy atom. The van der Waals surface area contributed by atoms with Gasteiger partial charge < -0.3 is 10.6 Å². The Morgan fingerprint density at radius 1 is 1.16 bits per heavy atom. The van der Waals surface area contributed by atoms with E-state index in [1.54, 1.807) is 6.08 Å².